The second kappa shape index (κ2) is 11.4. The van der Waals surface area contributed by atoms with Gasteiger partial charge < -0.3 is 25.2 Å². The zero-order valence-corrected chi connectivity index (χ0v) is 16.1. The lowest BCUT2D eigenvalue weighted by atomic mass is 10.1. The largest absolute Gasteiger partial charge is 0.479 e. The monoisotopic (exact) mass is 392 g/mol. The van der Waals surface area contributed by atoms with Gasteiger partial charge in [0, 0.05) is 18.5 Å². The average molecular weight is 392 g/mol. The Morgan fingerprint density at radius 2 is 1.89 bits per heavy atom. The molecule has 0 aliphatic carbocycles. The van der Waals surface area contributed by atoms with Crippen molar-refractivity contribution in [1.29, 1.82) is 0 Å². The van der Waals surface area contributed by atoms with Crippen molar-refractivity contribution >= 4 is 17.7 Å². The van der Waals surface area contributed by atoms with Crippen LogP contribution in [0.1, 0.15) is 43.0 Å². The number of piperidine rings is 1. The Kier molecular flexibility index (Phi) is 8.90. The maximum atomic E-state index is 12.2. The number of hydrogen-bond acceptors (Lipinski definition) is 6. The average Bonchev–Trinajstić information content (AvgIpc) is 2.71. The first-order valence-electron chi connectivity index (χ1n) is 9.61. The zero-order chi connectivity index (χ0) is 20.4. The first-order valence-corrected chi connectivity index (χ1v) is 9.61. The van der Waals surface area contributed by atoms with Crippen LogP contribution in [0.15, 0.2) is 24.3 Å². The van der Waals surface area contributed by atoms with Gasteiger partial charge in [-0.3, -0.25) is 9.59 Å². The number of carboxylic acids is 1. The van der Waals surface area contributed by atoms with E-state index >= 15 is 0 Å². The number of nitrogens with one attached hydrogen (secondary N) is 2. The summed E-state index contributed by atoms with van der Waals surface area (Å²) in [6, 6.07) is 6.33. The molecule has 1 aromatic rings. The summed E-state index contributed by atoms with van der Waals surface area (Å²) in [6.07, 6.45) is 1.52. The van der Waals surface area contributed by atoms with Crippen molar-refractivity contribution in [3.8, 4) is 5.75 Å². The normalized spacial score (nSPS) is 15.6. The molecule has 1 aromatic carbocycles. The number of amides is 1. The van der Waals surface area contributed by atoms with Crippen molar-refractivity contribution in [2.45, 2.75) is 44.8 Å². The number of hydrogen-bond donors (Lipinski definition) is 3. The van der Waals surface area contributed by atoms with Gasteiger partial charge in [0.2, 0.25) is 5.91 Å². The van der Waals surface area contributed by atoms with Gasteiger partial charge in [0.05, 0.1) is 6.10 Å². The Labute approximate surface area is 164 Å². The maximum Gasteiger partial charge on any atom is 0.344 e. The molecule has 1 amide bonds. The molecule has 1 unspecified atom stereocenters. The molecule has 2 rings (SSSR count). The summed E-state index contributed by atoms with van der Waals surface area (Å²) in [6.45, 7) is 3.78. The van der Waals surface area contributed by atoms with Gasteiger partial charge in [0.15, 0.2) is 11.9 Å². The Morgan fingerprint density at radius 3 is 2.50 bits per heavy atom. The number of benzene rings is 1. The van der Waals surface area contributed by atoms with Crippen molar-refractivity contribution in [2.75, 3.05) is 26.2 Å². The molecule has 8 heteroatoms. The van der Waals surface area contributed by atoms with Crippen LogP contribution in [0.25, 0.3) is 0 Å². The molecular formula is C20H28N2O6. The zero-order valence-electron chi connectivity index (χ0n) is 16.1. The number of carbonyl (C=O) groups excluding carboxylic acids is 2. The van der Waals surface area contributed by atoms with Gasteiger partial charge in [-0.1, -0.05) is 6.92 Å². The van der Waals surface area contributed by atoms with Crippen LogP contribution < -0.4 is 15.4 Å². The first-order chi connectivity index (χ1) is 13.5. The molecule has 1 fully saturated rings. The second-order valence-corrected chi connectivity index (χ2v) is 6.66. The summed E-state index contributed by atoms with van der Waals surface area (Å²) in [5.41, 5.74) is 0.482. The van der Waals surface area contributed by atoms with Crippen LogP contribution in [0.5, 0.6) is 5.75 Å². The SMILES string of the molecule is CCC(Oc1ccc(C(=O)CCNC(=O)COC2CCNCC2)cc1)C(=O)O. The Bertz CT molecular complexity index is 655. The molecule has 0 aromatic heterocycles. The van der Waals surface area contributed by atoms with Gasteiger partial charge in [-0.2, -0.15) is 0 Å². The standard InChI is InChI=1S/C20H28N2O6/c1-2-18(20(25)26)28-16-5-3-14(4-6-16)17(23)9-12-22-19(24)13-27-15-7-10-21-11-8-15/h3-6,15,18,21H,2,7-13H2,1H3,(H,22,24)(H,25,26). The van der Waals surface area contributed by atoms with Crippen molar-refractivity contribution in [2.24, 2.45) is 0 Å². The predicted molar refractivity (Wildman–Crippen MR) is 103 cm³/mol. The molecule has 0 bridgehead atoms. The quantitative estimate of drug-likeness (QED) is 0.488. The molecule has 1 aliphatic heterocycles. The number of carbonyl (C=O) groups is 3. The van der Waals surface area contributed by atoms with E-state index < -0.39 is 12.1 Å². The Balaban J connectivity index is 1.69. The van der Waals surface area contributed by atoms with Crippen LogP contribution in [0.4, 0.5) is 0 Å². The van der Waals surface area contributed by atoms with Crippen LogP contribution in [0.3, 0.4) is 0 Å². The molecule has 28 heavy (non-hydrogen) atoms. The van der Waals surface area contributed by atoms with E-state index in [-0.39, 0.29) is 37.4 Å². The number of ketones is 1. The van der Waals surface area contributed by atoms with E-state index in [0.717, 1.165) is 25.9 Å². The summed E-state index contributed by atoms with van der Waals surface area (Å²) in [4.78, 5) is 35.0. The molecule has 0 saturated carbocycles. The van der Waals surface area contributed by atoms with Gasteiger partial charge in [-0.05, 0) is 56.6 Å². The topological polar surface area (TPSA) is 114 Å². The lowest BCUT2D eigenvalue weighted by molar-refractivity contribution is -0.145. The van der Waals surface area contributed by atoms with Crippen molar-refractivity contribution in [1.82, 2.24) is 10.6 Å². The minimum absolute atomic E-state index is 0.00701. The highest BCUT2D eigenvalue weighted by atomic mass is 16.5. The maximum absolute atomic E-state index is 12.2. The number of ether oxygens (including phenoxy) is 2. The minimum Gasteiger partial charge on any atom is -0.479 e. The van der Waals surface area contributed by atoms with Gasteiger partial charge in [0.25, 0.3) is 0 Å². The summed E-state index contributed by atoms with van der Waals surface area (Å²) in [7, 11) is 0. The van der Waals surface area contributed by atoms with Crippen LogP contribution >= 0.6 is 0 Å². The third-order valence-corrected chi connectivity index (χ3v) is 4.51. The smallest absolute Gasteiger partial charge is 0.344 e. The first kappa shape index (κ1) is 21.8. The molecule has 1 atom stereocenters. The lowest BCUT2D eigenvalue weighted by Gasteiger charge is -2.22. The van der Waals surface area contributed by atoms with E-state index in [1.165, 1.54) is 0 Å². The Hall–Kier alpha value is -2.45. The molecule has 8 nitrogen and oxygen atoms in total. The summed E-state index contributed by atoms with van der Waals surface area (Å²) in [5.74, 6) is -0.970. The third kappa shape index (κ3) is 7.28. The third-order valence-electron chi connectivity index (χ3n) is 4.51. The van der Waals surface area contributed by atoms with E-state index in [1.807, 2.05) is 0 Å². The number of carboxylic acid groups (broad SMARTS) is 1. The molecule has 154 valence electrons. The van der Waals surface area contributed by atoms with Gasteiger partial charge >= 0.3 is 5.97 Å². The fraction of sp³-hybridized carbons (Fsp3) is 0.550. The molecule has 0 spiro atoms. The van der Waals surface area contributed by atoms with Gasteiger partial charge in [-0.15, -0.1) is 0 Å². The fourth-order valence-electron chi connectivity index (χ4n) is 2.86. The molecule has 1 heterocycles. The highest BCUT2D eigenvalue weighted by Crippen LogP contribution is 2.16. The number of rotatable bonds is 11. The van der Waals surface area contributed by atoms with Gasteiger partial charge in [0.1, 0.15) is 12.4 Å². The number of Topliss-reactive ketones (excluding diaryl/α,β-unsaturated/α-hetero) is 1. The molecule has 1 saturated heterocycles. The van der Waals surface area contributed by atoms with E-state index in [2.05, 4.69) is 10.6 Å². The minimum atomic E-state index is -1.03. The van der Waals surface area contributed by atoms with Crippen LogP contribution in [0, 0.1) is 0 Å². The highest BCUT2D eigenvalue weighted by molar-refractivity contribution is 5.96. The molecule has 3 N–H and O–H groups in total. The summed E-state index contributed by atoms with van der Waals surface area (Å²) in [5, 5.41) is 14.9. The second-order valence-electron chi connectivity index (χ2n) is 6.66. The van der Waals surface area contributed by atoms with Gasteiger partial charge in [-0.25, -0.2) is 4.79 Å². The van der Waals surface area contributed by atoms with E-state index in [9.17, 15) is 14.4 Å². The fourth-order valence-corrected chi connectivity index (χ4v) is 2.86. The molecule has 1 aliphatic rings. The van der Waals surface area contributed by atoms with Crippen molar-refractivity contribution in [3.63, 3.8) is 0 Å². The summed E-state index contributed by atoms with van der Waals surface area (Å²) < 4.78 is 10.9. The van der Waals surface area contributed by atoms with Crippen molar-refractivity contribution < 1.29 is 29.0 Å². The lowest BCUT2D eigenvalue weighted by Crippen LogP contribution is -2.36. The van der Waals surface area contributed by atoms with E-state index in [1.54, 1.807) is 31.2 Å². The number of aliphatic carboxylic acids is 1. The van der Waals surface area contributed by atoms with E-state index in [0.29, 0.717) is 17.7 Å². The van der Waals surface area contributed by atoms with Crippen LogP contribution in [0.2, 0.25) is 0 Å². The van der Waals surface area contributed by atoms with E-state index in [4.69, 9.17) is 14.6 Å². The predicted octanol–water partition coefficient (Wildman–Crippen LogP) is 1.39. The van der Waals surface area contributed by atoms with Crippen LogP contribution in [-0.4, -0.2) is 61.2 Å². The Morgan fingerprint density at radius 1 is 1.21 bits per heavy atom. The van der Waals surface area contributed by atoms with Crippen LogP contribution in [-0.2, 0) is 14.3 Å². The molecule has 0 radical (unpaired) electrons. The van der Waals surface area contributed by atoms with Crippen molar-refractivity contribution in [3.05, 3.63) is 29.8 Å². The molecular weight excluding hydrogens is 364 g/mol. The highest BCUT2D eigenvalue weighted by Gasteiger charge is 2.17. The summed E-state index contributed by atoms with van der Waals surface area (Å²) >= 11 is 0.